The maximum atomic E-state index is 11.4. The van der Waals surface area contributed by atoms with E-state index in [1.807, 2.05) is 159 Å². The molecule has 0 bridgehead atoms. The van der Waals surface area contributed by atoms with Gasteiger partial charge in [-0.15, -0.1) is 0 Å². The smallest absolute Gasteiger partial charge is 0.328 e. The van der Waals surface area contributed by atoms with Gasteiger partial charge in [-0.25, -0.2) is 24.0 Å². The number of ether oxygens (including phenoxy) is 5. The summed E-state index contributed by atoms with van der Waals surface area (Å²) in [5.74, 6) is -4.38. The Morgan fingerprint density at radius 1 is 0.455 bits per heavy atom. The van der Waals surface area contributed by atoms with Gasteiger partial charge < -0.3 is 112 Å². The van der Waals surface area contributed by atoms with E-state index in [0.29, 0.717) is 32.1 Å². The molecule has 11 unspecified atom stereocenters. The van der Waals surface area contributed by atoms with E-state index in [1.54, 1.807) is 106 Å². The molecule has 11 atom stereocenters. The Hall–Kier alpha value is -13.6. The number of aldehydes is 1. The maximum absolute atomic E-state index is 11.4. The van der Waals surface area contributed by atoms with Crippen molar-refractivity contribution in [3.63, 3.8) is 0 Å². The van der Waals surface area contributed by atoms with Crippen molar-refractivity contribution >= 4 is 119 Å². The fraction of sp³-hybridized carbons (Fsp3) is 0.457. The topological polar surface area (TPSA) is 557 Å². The number of methoxy groups -OCH3 is 5. The Labute approximate surface area is 782 Å². The van der Waals surface area contributed by atoms with Gasteiger partial charge in [0.2, 0.25) is 59.1 Å². The number of carbonyl (C=O) groups is 17. The van der Waals surface area contributed by atoms with Crippen molar-refractivity contribution in [2.24, 2.45) is 16.5 Å². The number of likely N-dealkylation sites (N-methyl/N-ethyl adjacent to an activating group) is 6. The number of rotatable bonds is 27. The fourth-order valence-corrected chi connectivity index (χ4v) is 10.00. The minimum absolute atomic E-state index is 0.0118. The summed E-state index contributed by atoms with van der Waals surface area (Å²) < 4.78 is 26.7. The second-order valence-electron chi connectivity index (χ2n) is 27.0. The van der Waals surface area contributed by atoms with Crippen LogP contribution in [-0.2, 0) is 142 Å². The minimum atomic E-state index is -0.817. The largest absolute Gasteiger partial charge is 0.480 e. The summed E-state index contributed by atoms with van der Waals surface area (Å²) in [5, 5.41) is 33.7. The molecule has 0 aliphatic carbocycles. The number of terminal acetylenes is 1. The average Bonchev–Trinajstić information content (AvgIpc) is 1.66. The first kappa shape index (κ1) is 132. The zero-order chi connectivity index (χ0) is 103. The van der Waals surface area contributed by atoms with Gasteiger partial charge in [-0.05, 0) is 111 Å². The van der Waals surface area contributed by atoms with Crippen molar-refractivity contribution in [2.45, 2.75) is 196 Å². The molecule has 1 saturated heterocycles. The van der Waals surface area contributed by atoms with E-state index >= 15 is 0 Å². The highest BCUT2D eigenvalue weighted by atomic mass is 35.5. The van der Waals surface area contributed by atoms with Crippen LogP contribution in [0.1, 0.15) is 125 Å². The minimum Gasteiger partial charge on any atom is -0.480 e. The first-order chi connectivity index (χ1) is 62.2. The molecule has 1 aliphatic heterocycles. The number of nitrogens with one attached hydrogen (secondary N) is 10. The summed E-state index contributed by atoms with van der Waals surface area (Å²) in [6, 6.07) is 42.8. The standard InChI is InChI=1S/5C12H15NO3.C8H14N2O2.C6H12N2O.C5H12N2O.C4H10N2O.C4H9NO2.C2HClO.C2H4O.CH5N/c5*1-9(14)13-11(12(15)16-2)8-10-6-4-3-5-7-10;1-5-8(12)9(4)6(2)10(5)7(3)11;1-4-8-5(2)6(9)7-3;1-4(6-2)5(8)7-3;1-3(5)4(7)6-2;1-3(5-2)4(6)7;1-2-4-3;1-2-3;1-2/h5*3-7,11H,8H2,1-2H3,(H,13,14);5-6H,1-4H3;4-5H,1-3H3,(H,7,9);4,6H,1-3H3,(H,7,8);3H,5H2,1-2H3,(H,6,7);3,5H,1-2H3,(H,6,7);1H;2H,1H3;2H2,1H3. The lowest BCUT2D eigenvalue weighted by atomic mass is 10.1. The number of carbonyl (C=O) groups excluding carboxylic acids is 16. The molecule has 1 fully saturated rings. The molecular formula is C92H142ClN15O24. The third-order valence-corrected chi connectivity index (χ3v) is 16.8. The predicted molar refractivity (Wildman–Crippen MR) is 505 cm³/mol. The van der Waals surface area contributed by atoms with Crippen LogP contribution in [0.4, 0.5) is 0 Å². The molecule has 5 aromatic rings. The highest BCUT2D eigenvalue weighted by molar-refractivity contribution is 6.08. The number of halogens is 1. The van der Waals surface area contributed by atoms with E-state index in [4.69, 9.17) is 15.6 Å². The molecular weight excluding hydrogens is 1730 g/mol. The first-order valence-electron chi connectivity index (χ1n) is 40.9. The lowest BCUT2D eigenvalue weighted by Gasteiger charge is -2.24. The van der Waals surface area contributed by atoms with Gasteiger partial charge in [0.1, 0.15) is 78.8 Å². The zero-order valence-corrected chi connectivity index (χ0v) is 81.5. The summed E-state index contributed by atoms with van der Waals surface area (Å²) in [5.41, 5.74) is 14.5. The Kier molecular flexibility index (Phi) is 82.8. The molecule has 1 aliphatic rings. The molecule has 132 heavy (non-hydrogen) atoms. The molecule has 40 heteroatoms. The maximum Gasteiger partial charge on any atom is 0.328 e. The van der Waals surface area contributed by atoms with Crippen LogP contribution >= 0.6 is 11.9 Å². The Morgan fingerprint density at radius 3 is 0.780 bits per heavy atom. The van der Waals surface area contributed by atoms with Crippen LogP contribution in [0, 0.1) is 12.5 Å². The van der Waals surface area contributed by atoms with Gasteiger partial charge in [-0.3, -0.25) is 57.7 Å². The molecule has 5 aromatic carbocycles. The lowest BCUT2D eigenvalue weighted by molar-refractivity contribution is -0.145. The number of aliphatic carboxylic acids is 1. The molecule has 0 spiro atoms. The van der Waals surface area contributed by atoms with Crippen molar-refractivity contribution in [1.29, 1.82) is 0 Å². The van der Waals surface area contributed by atoms with Gasteiger partial charge in [0.15, 0.2) is 0 Å². The van der Waals surface area contributed by atoms with Gasteiger partial charge in [0.05, 0.1) is 47.6 Å². The number of esters is 5. The van der Waals surface area contributed by atoms with Crippen LogP contribution in [0.3, 0.4) is 0 Å². The molecule has 10 amide bonds. The lowest BCUT2D eigenvalue weighted by Crippen LogP contribution is -2.41. The van der Waals surface area contributed by atoms with Gasteiger partial charge in [0, 0.05) is 102 Å². The molecule has 39 nitrogen and oxygen atoms in total. The van der Waals surface area contributed by atoms with Crippen LogP contribution in [-0.4, -0.2) is 274 Å². The third kappa shape index (κ3) is 68.6. The van der Waals surface area contributed by atoms with Gasteiger partial charge in [0.25, 0.3) is 0 Å². The Balaban J connectivity index is -0.000000263. The number of benzene rings is 5. The molecule has 0 saturated carbocycles. The van der Waals surface area contributed by atoms with E-state index in [9.17, 15) is 76.7 Å². The number of hydrogen-bond acceptors (Lipinski definition) is 28. The van der Waals surface area contributed by atoms with Gasteiger partial charge in [-0.1, -0.05) is 158 Å². The highest BCUT2D eigenvalue weighted by Crippen LogP contribution is 2.20. The van der Waals surface area contributed by atoms with Crippen LogP contribution in [0.25, 0.3) is 0 Å². The number of carboxylic acid groups (broad SMARTS) is 1. The number of amides is 10. The van der Waals surface area contributed by atoms with Gasteiger partial charge >= 0.3 is 35.8 Å². The summed E-state index contributed by atoms with van der Waals surface area (Å²) >= 11 is 4.45. The van der Waals surface area contributed by atoms with Crippen molar-refractivity contribution < 1.29 is 115 Å². The summed E-state index contributed by atoms with van der Waals surface area (Å²) in [7, 11) is 17.9. The average molecular weight is 1880 g/mol. The van der Waals surface area contributed by atoms with E-state index in [0.717, 1.165) is 34.1 Å². The summed E-state index contributed by atoms with van der Waals surface area (Å²) in [6.45, 7) is 22.0. The van der Waals surface area contributed by atoms with Crippen molar-refractivity contribution in [1.82, 2.24) is 63.0 Å². The number of aliphatic imine (C=N–C) groups is 1. The molecule has 736 valence electrons. The van der Waals surface area contributed by atoms with Crippen molar-refractivity contribution in [2.75, 3.05) is 84.9 Å². The van der Waals surface area contributed by atoms with Gasteiger partial charge in [-0.2, -0.15) is 0 Å². The number of hydrogen-bond donors (Lipinski definition) is 13. The van der Waals surface area contributed by atoms with Crippen LogP contribution in [0.5, 0.6) is 0 Å². The second kappa shape index (κ2) is 83.1. The summed E-state index contributed by atoms with van der Waals surface area (Å²) in [4.78, 5) is 191. The van der Waals surface area contributed by atoms with E-state index in [-0.39, 0.29) is 89.4 Å². The van der Waals surface area contributed by atoms with Crippen molar-refractivity contribution in [3.8, 4) is 12.5 Å². The van der Waals surface area contributed by atoms with Crippen LogP contribution in [0.2, 0.25) is 0 Å². The van der Waals surface area contributed by atoms with Crippen molar-refractivity contribution in [3.05, 3.63) is 179 Å². The quantitative estimate of drug-likeness (QED) is 0.0118. The number of nitrogens with zero attached hydrogens (tertiary/aromatic N) is 3. The first-order valence-corrected chi connectivity index (χ1v) is 41.2. The van der Waals surface area contributed by atoms with E-state index in [1.165, 1.54) is 91.1 Å². The monoisotopic (exact) mass is 1880 g/mol. The highest BCUT2D eigenvalue weighted by Gasteiger charge is 2.40. The summed E-state index contributed by atoms with van der Waals surface area (Å²) in [6.07, 6.45) is 10.6. The molecule has 0 aromatic heterocycles. The molecule has 0 radical (unpaired) electrons. The number of nitrogens with two attached hydrogens (primary N) is 2. The SMILES string of the molecule is C#COCl.CC(=O)N1C(C)C(=O)N(C)C1C.CC=NC(C)C(=O)NC.CC=O.CN.CNC(=O)C(C)N.CNC(=O)C(C)NC.CNC(C)C(=O)O.COC(=O)C(Cc1ccccc1)NC(C)=O.COC(=O)C(Cc1ccccc1)NC(C)=O.COC(=O)C(Cc1ccccc1)NC(C)=O.COC(=O)C(Cc1ccccc1)NC(C)=O.COC(=O)C(Cc1ccccc1)NC(C)=O. The fourth-order valence-electron chi connectivity index (χ4n) is 10.00. The van der Waals surface area contributed by atoms with Crippen LogP contribution < -0.4 is 64.6 Å². The van der Waals surface area contributed by atoms with Crippen LogP contribution in [0.15, 0.2) is 157 Å². The Morgan fingerprint density at radius 2 is 0.674 bits per heavy atom. The predicted octanol–water partition coefficient (Wildman–Crippen LogP) is 3.41. The number of carboxylic acids is 1. The zero-order valence-electron chi connectivity index (χ0n) is 80.8. The van der Waals surface area contributed by atoms with E-state index < -0.39 is 72.1 Å². The Bertz CT molecular complexity index is 3750. The normalized spacial score (nSPS) is 13.1. The molecule has 15 N–H and O–H groups in total. The third-order valence-electron chi connectivity index (χ3n) is 16.8. The second-order valence-corrected chi connectivity index (χ2v) is 27.2. The molecule has 1 heterocycles. The van der Waals surface area contributed by atoms with E-state index in [2.05, 4.69) is 110 Å². The molecule has 6 rings (SSSR count).